The molecule has 46 heavy (non-hydrogen) atoms. The summed E-state index contributed by atoms with van der Waals surface area (Å²) < 4.78 is 26.6. The van der Waals surface area contributed by atoms with Crippen LogP contribution in [0.5, 0.6) is 11.5 Å². The zero-order valence-electron chi connectivity index (χ0n) is 26.2. The van der Waals surface area contributed by atoms with E-state index in [1.807, 2.05) is 48.5 Å². The van der Waals surface area contributed by atoms with Crippen molar-refractivity contribution < 1.29 is 42.9 Å². The first-order chi connectivity index (χ1) is 22.1. The first-order valence-electron chi connectivity index (χ1n) is 14.6. The van der Waals surface area contributed by atoms with Gasteiger partial charge in [-0.3, -0.25) is 4.79 Å². The maximum absolute atomic E-state index is 12.8. The number of esters is 4. The van der Waals surface area contributed by atoms with E-state index in [0.717, 1.165) is 45.5 Å². The van der Waals surface area contributed by atoms with Crippen molar-refractivity contribution in [1.29, 1.82) is 0 Å². The van der Waals surface area contributed by atoms with Crippen LogP contribution in [0.4, 0.5) is 0 Å². The smallest absolute Gasteiger partial charge is 0.333 e. The van der Waals surface area contributed by atoms with Crippen LogP contribution in [-0.2, 0) is 59.3 Å². The van der Waals surface area contributed by atoms with Gasteiger partial charge in [0.25, 0.3) is 0 Å². The molecule has 0 fully saturated rings. The Morgan fingerprint density at radius 2 is 1.30 bits per heavy atom. The van der Waals surface area contributed by atoms with E-state index < -0.39 is 23.9 Å². The number of aryl methyl sites for hydroxylation is 1. The second kappa shape index (κ2) is 17.8. The van der Waals surface area contributed by atoms with Crippen molar-refractivity contribution >= 4 is 23.9 Å². The standard InChI is InChI=1S/C37H38O9/c1-6-34(38)43-20-18-29-12-8-26(22-31(29)19-21-44-35(39)7-2)11-17-36(40)46-32-16-15-30(23-33(32)42-5)28-13-9-27(10-14-28)24-45-37(41)25(3)4/h6-10,12-16,22-23H,1-3,11,17-21,24H2,4-5H3. The van der Waals surface area contributed by atoms with Crippen LogP contribution in [0, 0.1) is 0 Å². The Labute approximate surface area is 269 Å². The van der Waals surface area contributed by atoms with Crippen molar-refractivity contribution in [2.45, 2.75) is 39.2 Å². The second-order valence-corrected chi connectivity index (χ2v) is 10.2. The third-order valence-electron chi connectivity index (χ3n) is 6.85. The van der Waals surface area contributed by atoms with Crippen molar-refractivity contribution in [3.05, 3.63) is 120 Å². The fraction of sp³-hybridized carbons (Fsp3) is 0.243. The largest absolute Gasteiger partial charge is 0.493 e. The third kappa shape index (κ3) is 10.9. The van der Waals surface area contributed by atoms with Crippen LogP contribution in [0.2, 0.25) is 0 Å². The highest BCUT2D eigenvalue weighted by Crippen LogP contribution is 2.33. The van der Waals surface area contributed by atoms with Gasteiger partial charge in [-0.2, -0.15) is 0 Å². The van der Waals surface area contributed by atoms with Gasteiger partial charge in [0.1, 0.15) is 6.61 Å². The van der Waals surface area contributed by atoms with E-state index in [4.69, 9.17) is 23.7 Å². The molecule has 0 bridgehead atoms. The number of rotatable bonds is 17. The lowest BCUT2D eigenvalue weighted by Gasteiger charge is -2.13. The van der Waals surface area contributed by atoms with Gasteiger partial charge in [0, 0.05) is 37.0 Å². The number of methoxy groups -OCH3 is 1. The van der Waals surface area contributed by atoms with Gasteiger partial charge in [-0.15, -0.1) is 0 Å². The summed E-state index contributed by atoms with van der Waals surface area (Å²) in [6.07, 6.45) is 3.65. The molecule has 0 amide bonds. The van der Waals surface area contributed by atoms with Gasteiger partial charge in [0.05, 0.1) is 20.3 Å². The van der Waals surface area contributed by atoms with Crippen LogP contribution in [0.1, 0.15) is 35.6 Å². The highest BCUT2D eigenvalue weighted by atomic mass is 16.6. The summed E-state index contributed by atoms with van der Waals surface area (Å²) >= 11 is 0. The molecule has 0 aliphatic rings. The Bertz CT molecular complexity index is 1580. The maximum atomic E-state index is 12.8. The number of hydrogen-bond donors (Lipinski definition) is 0. The molecule has 240 valence electrons. The fourth-order valence-corrected chi connectivity index (χ4v) is 4.37. The third-order valence-corrected chi connectivity index (χ3v) is 6.85. The van der Waals surface area contributed by atoms with Gasteiger partial charge in [0.2, 0.25) is 0 Å². The minimum Gasteiger partial charge on any atom is -0.493 e. The average Bonchev–Trinajstić information content (AvgIpc) is 3.07. The zero-order chi connectivity index (χ0) is 33.5. The minimum atomic E-state index is -0.513. The Morgan fingerprint density at radius 3 is 1.91 bits per heavy atom. The first kappa shape index (κ1) is 35.0. The van der Waals surface area contributed by atoms with E-state index >= 15 is 0 Å². The van der Waals surface area contributed by atoms with Crippen molar-refractivity contribution in [2.75, 3.05) is 20.3 Å². The molecule has 3 aromatic carbocycles. The zero-order valence-corrected chi connectivity index (χ0v) is 26.2. The summed E-state index contributed by atoms with van der Waals surface area (Å²) in [5, 5.41) is 0. The number of carbonyl (C=O) groups excluding carboxylic acids is 4. The molecule has 0 atom stereocenters. The molecule has 3 aromatic rings. The average molecular weight is 627 g/mol. The van der Waals surface area contributed by atoms with Crippen molar-refractivity contribution in [1.82, 2.24) is 0 Å². The Hall–Kier alpha value is -5.44. The minimum absolute atomic E-state index is 0.115. The van der Waals surface area contributed by atoms with E-state index in [1.165, 1.54) is 7.11 Å². The van der Waals surface area contributed by atoms with E-state index in [-0.39, 0.29) is 26.2 Å². The van der Waals surface area contributed by atoms with Gasteiger partial charge in [0.15, 0.2) is 11.5 Å². The lowest BCUT2D eigenvalue weighted by Crippen LogP contribution is -2.11. The molecule has 9 heteroatoms. The molecular formula is C37H38O9. The van der Waals surface area contributed by atoms with Crippen LogP contribution in [0.15, 0.2) is 98.1 Å². The summed E-state index contributed by atoms with van der Waals surface area (Å²) in [6, 6.07) is 18.6. The Morgan fingerprint density at radius 1 is 0.696 bits per heavy atom. The molecule has 0 saturated carbocycles. The van der Waals surface area contributed by atoms with Gasteiger partial charge >= 0.3 is 23.9 Å². The van der Waals surface area contributed by atoms with E-state index in [0.29, 0.717) is 36.3 Å². The summed E-state index contributed by atoms with van der Waals surface area (Å²) in [5.74, 6) is -1.18. The van der Waals surface area contributed by atoms with Crippen LogP contribution in [-0.4, -0.2) is 44.2 Å². The van der Waals surface area contributed by atoms with Crippen molar-refractivity contribution in [3.8, 4) is 22.6 Å². The number of hydrogen-bond acceptors (Lipinski definition) is 9. The monoisotopic (exact) mass is 626 g/mol. The van der Waals surface area contributed by atoms with E-state index in [2.05, 4.69) is 19.7 Å². The summed E-state index contributed by atoms with van der Waals surface area (Å²) in [6.45, 7) is 12.4. The topological polar surface area (TPSA) is 114 Å². The van der Waals surface area contributed by atoms with Crippen LogP contribution >= 0.6 is 0 Å². The molecule has 3 rings (SSSR count). The molecule has 9 nitrogen and oxygen atoms in total. The molecule has 0 spiro atoms. The second-order valence-electron chi connectivity index (χ2n) is 10.2. The van der Waals surface area contributed by atoms with Crippen molar-refractivity contribution in [2.24, 2.45) is 0 Å². The highest BCUT2D eigenvalue weighted by molar-refractivity contribution is 5.87. The Kier molecular flexibility index (Phi) is 13.5. The molecule has 0 radical (unpaired) electrons. The normalized spacial score (nSPS) is 10.3. The van der Waals surface area contributed by atoms with E-state index in [1.54, 1.807) is 19.1 Å². The SMILES string of the molecule is C=CC(=O)OCCc1ccc(CCC(=O)Oc2ccc(-c3ccc(COC(=O)C(=C)C)cc3)cc2OC)cc1CCOC(=O)C=C. The molecule has 0 heterocycles. The van der Waals surface area contributed by atoms with E-state index in [9.17, 15) is 19.2 Å². The predicted molar refractivity (Wildman–Crippen MR) is 173 cm³/mol. The molecular weight excluding hydrogens is 588 g/mol. The number of benzene rings is 3. The molecule has 0 aliphatic carbocycles. The number of carbonyl (C=O) groups is 4. The lowest BCUT2D eigenvalue weighted by molar-refractivity contribution is -0.140. The van der Waals surface area contributed by atoms with Gasteiger partial charge in [-0.1, -0.05) is 68.3 Å². The van der Waals surface area contributed by atoms with Gasteiger partial charge in [-0.25, -0.2) is 14.4 Å². The summed E-state index contributed by atoms with van der Waals surface area (Å²) in [7, 11) is 1.50. The van der Waals surface area contributed by atoms with Crippen LogP contribution in [0.25, 0.3) is 11.1 Å². The molecule has 0 saturated heterocycles. The summed E-state index contributed by atoms with van der Waals surface area (Å²) in [5.41, 5.74) is 5.68. The molecule has 0 unspecified atom stereocenters. The Balaban J connectivity index is 1.62. The lowest BCUT2D eigenvalue weighted by atomic mass is 9.97. The molecule has 0 N–H and O–H groups in total. The molecule has 0 aromatic heterocycles. The number of ether oxygens (including phenoxy) is 5. The fourth-order valence-electron chi connectivity index (χ4n) is 4.37. The highest BCUT2D eigenvalue weighted by Gasteiger charge is 2.14. The first-order valence-corrected chi connectivity index (χ1v) is 14.6. The van der Waals surface area contributed by atoms with Gasteiger partial charge < -0.3 is 23.7 Å². The predicted octanol–water partition coefficient (Wildman–Crippen LogP) is 6.06. The van der Waals surface area contributed by atoms with Crippen LogP contribution in [0.3, 0.4) is 0 Å². The summed E-state index contributed by atoms with van der Waals surface area (Å²) in [4.78, 5) is 47.4. The van der Waals surface area contributed by atoms with Crippen molar-refractivity contribution in [3.63, 3.8) is 0 Å². The molecule has 0 aliphatic heterocycles. The quantitative estimate of drug-likeness (QED) is 0.0763. The van der Waals surface area contributed by atoms with Gasteiger partial charge in [-0.05, 0) is 58.9 Å². The van der Waals surface area contributed by atoms with Crippen LogP contribution < -0.4 is 9.47 Å². The maximum Gasteiger partial charge on any atom is 0.333 e.